The molecule has 4 aromatic carbocycles. The molecule has 0 saturated heterocycles. The summed E-state index contributed by atoms with van der Waals surface area (Å²) in [5.41, 5.74) is 9.40. The second kappa shape index (κ2) is 27.6. The number of unbranched alkanes of at least 4 members (excludes halogenated alkanes) is 10. The van der Waals surface area contributed by atoms with Gasteiger partial charge in [-0.3, -0.25) is 4.99 Å². The Morgan fingerprint density at radius 1 is 0.635 bits per heavy atom. The molecule has 0 aliphatic carbocycles. The van der Waals surface area contributed by atoms with E-state index in [1.54, 1.807) is 0 Å². The molecule has 52 heavy (non-hydrogen) atoms. The molecule has 0 saturated carbocycles. The Bertz CT molecular complexity index is 1520. The second-order valence-corrected chi connectivity index (χ2v) is 16.7. The molecule has 2 nitrogen and oxygen atoms in total. The summed E-state index contributed by atoms with van der Waals surface area (Å²) in [7, 11) is 0.380. The van der Waals surface area contributed by atoms with Crippen molar-refractivity contribution in [1.82, 2.24) is 0 Å². The summed E-state index contributed by atoms with van der Waals surface area (Å²) in [6, 6.07) is 29.1. The van der Waals surface area contributed by atoms with Crippen LogP contribution in [0.25, 0.3) is 22.3 Å². The van der Waals surface area contributed by atoms with E-state index in [2.05, 4.69) is 64.7 Å². The van der Waals surface area contributed by atoms with Crippen molar-refractivity contribution in [3.63, 3.8) is 0 Å². The van der Waals surface area contributed by atoms with Crippen molar-refractivity contribution in [2.45, 2.75) is 110 Å². The van der Waals surface area contributed by atoms with E-state index in [0.29, 0.717) is 19.0 Å². The fourth-order valence-corrected chi connectivity index (χ4v) is 6.37. The number of aryl methyl sites for hydroxylation is 2. The van der Waals surface area contributed by atoms with E-state index >= 15 is 0 Å². The standard InChI is InChI=1S/C44H55NO.C3H9P.CH3.Ni/c1-4-7-9-11-13-17-28-38-30-35(23-6-3)31-39(29-18-14-12-10-8-5-2)43(38)45-34-41-32-40(36-24-19-15-20-25-36)33-42(44(41)46)37-26-21-16-22-27-37;1-4(2)3;;/h6,15-16,19-22,24-27,30-34,46H,3-5,7-14,17-18,23,28-29H2,1-2H3;1-3H3;1H3;/q;;-1;+2/p-1. The largest absolute Gasteiger partial charge is 2.00 e. The SMILES string of the molecule is C=CCc1cc(CCCCCCCC)c(N=Cc2cc(-c3ccccc3)cc(-c3ccccc3)c2[O-])c(CCCCCCCC)c1.CP(C)C.[CH3-].[Ni+2]. The van der Waals surface area contributed by atoms with Crippen LogP contribution in [0.5, 0.6) is 5.75 Å². The van der Waals surface area contributed by atoms with Crippen LogP contribution < -0.4 is 5.11 Å². The van der Waals surface area contributed by atoms with Gasteiger partial charge in [0, 0.05) is 6.21 Å². The van der Waals surface area contributed by atoms with Gasteiger partial charge in [0.15, 0.2) is 0 Å². The number of benzene rings is 4. The Hall–Kier alpha value is -2.99. The zero-order valence-electron chi connectivity index (χ0n) is 33.2. The van der Waals surface area contributed by atoms with Gasteiger partial charge in [-0.1, -0.05) is 163 Å². The minimum atomic E-state index is 0. The molecule has 284 valence electrons. The molecular weight excluding hydrogens is 696 g/mol. The number of aliphatic imine (C=N–C) groups is 1. The second-order valence-electron chi connectivity index (χ2n) is 14.1. The number of rotatable bonds is 20. The summed E-state index contributed by atoms with van der Waals surface area (Å²) < 4.78 is 0. The molecular formula is C48H66NNiOP. The molecule has 0 aliphatic heterocycles. The van der Waals surface area contributed by atoms with E-state index < -0.39 is 0 Å². The van der Waals surface area contributed by atoms with E-state index in [9.17, 15) is 5.11 Å². The van der Waals surface area contributed by atoms with Gasteiger partial charge in [0.2, 0.25) is 0 Å². The van der Waals surface area contributed by atoms with Gasteiger partial charge in [-0.25, -0.2) is 0 Å². The number of allylic oxidation sites excluding steroid dienone is 1. The fourth-order valence-electron chi connectivity index (χ4n) is 6.37. The Morgan fingerprint density at radius 2 is 1.10 bits per heavy atom. The summed E-state index contributed by atoms with van der Waals surface area (Å²) in [5, 5.41) is 14.0. The average Bonchev–Trinajstić information content (AvgIpc) is 3.12. The van der Waals surface area contributed by atoms with Gasteiger partial charge >= 0.3 is 16.5 Å². The summed E-state index contributed by atoms with van der Waals surface area (Å²) >= 11 is 0. The third-order valence-corrected chi connectivity index (χ3v) is 8.95. The van der Waals surface area contributed by atoms with Crippen molar-refractivity contribution in [3.8, 4) is 28.0 Å². The van der Waals surface area contributed by atoms with Crippen molar-refractivity contribution in [2.75, 3.05) is 20.0 Å². The average molecular weight is 763 g/mol. The van der Waals surface area contributed by atoms with Gasteiger partial charge in [-0.2, -0.15) is 0 Å². The molecule has 0 radical (unpaired) electrons. The number of nitrogens with zero attached hydrogens (tertiary/aromatic N) is 1. The molecule has 4 aromatic rings. The maximum absolute atomic E-state index is 14.0. The van der Waals surface area contributed by atoms with Gasteiger partial charge in [0.1, 0.15) is 0 Å². The predicted molar refractivity (Wildman–Crippen MR) is 230 cm³/mol. The fraction of sp³-hybridized carbons (Fsp3) is 0.417. The van der Waals surface area contributed by atoms with Crippen LogP contribution in [0.15, 0.2) is 103 Å². The minimum absolute atomic E-state index is 0. The monoisotopic (exact) mass is 761 g/mol. The molecule has 0 atom stereocenters. The van der Waals surface area contributed by atoms with Crippen molar-refractivity contribution < 1.29 is 21.6 Å². The van der Waals surface area contributed by atoms with E-state index in [1.807, 2.05) is 73.0 Å². The first-order valence-corrected chi connectivity index (χ1v) is 21.9. The van der Waals surface area contributed by atoms with Gasteiger partial charge in [-0.15, -0.1) is 14.5 Å². The third-order valence-electron chi connectivity index (χ3n) is 8.95. The van der Waals surface area contributed by atoms with Crippen LogP contribution in [0.3, 0.4) is 0 Å². The maximum atomic E-state index is 14.0. The summed E-state index contributed by atoms with van der Waals surface area (Å²) in [4.78, 5) is 5.21. The third kappa shape index (κ3) is 16.8. The Labute approximate surface area is 330 Å². The minimum Gasteiger partial charge on any atom is -0.872 e. The molecule has 0 fully saturated rings. The molecule has 0 spiro atoms. The number of hydrogen-bond acceptors (Lipinski definition) is 2. The molecule has 0 heterocycles. The normalized spacial score (nSPS) is 10.7. The van der Waals surface area contributed by atoms with Gasteiger partial charge in [0.25, 0.3) is 0 Å². The van der Waals surface area contributed by atoms with E-state index in [1.165, 1.54) is 80.9 Å². The first-order chi connectivity index (χ1) is 24.4. The smallest absolute Gasteiger partial charge is 0.872 e. The zero-order valence-corrected chi connectivity index (χ0v) is 35.1. The molecule has 0 amide bonds. The van der Waals surface area contributed by atoms with E-state index in [-0.39, 0.29) is 29.7 Å². The van der Waals surface area contributed by atoms with Crippen LogP contribution in [0.4, 0.5) is 5.69 Å². The summed E-state index contributed by atoms with van der Waals surface area (Å²) in [5.74, 6) is 0.0212. The molecule has 0 unspecified atom stereocenters. The number of hydrogen-bond donors (Lipinski definition) is 0. The van der Waals surface area contributed by atoms with Crippen molar-refractivity contribution in [3.05, 3.63) is 127 Å². The van der Waals surface area contributed by atoms with Crippen molar-refractivity contribution >= 4 is 19.8 Å². The predicted octanol–water partition coefficient (Wildman–Crippen LogP) is 14.2. The first-order valence-electron chi connectivity index (χ1n) is 19.2. The van der Waals surface area contributed by atoms with Gasteiger partial charge in [-0.05, 0) is 109 Å². The molecule has 0 aliphatic rings. The van der Waals surface area contributed by atoms with Crippen LogP contribution in [0, 0.1) is 7.43 Å². The molecule has 0 N–H and O–H groups in total. The summed E-state index contributed by atoms with van der Waals surface area (Å²) in [6.45, 7) is 15.3. The van der Waals surface area contributed by atoms with Crippen molar-refractivity contribution in [1.29, 1.82) is 0 Å². The summed E-state index contributed by atoms with van der Waals surface area (Å²) in [6.07, 6.45) is 21.9. The van der Waals surface area contributed by atoms with Crippen LogP contribution in [0.2, 0.25) is 0 Å². The Kier molecular flexibility index (Phi) is 25.0. The van der Waals surface area contributed by atoms with Gasteiger partial charge in [0.05, 0.1) is 5.69 Å². The van der Waals surface area contributed by atoms with E-state index in [4.69, 9.17) is 4.99 Å². The van der Waals surface area contributed by atoms with Crippen LogP contribution in [0.1, 0.15) is 113 Å². The van der Waals surface area contributed by atoms with Crippen LogP contribution >= 0.6 is 7.92 Å². The maximum Gasteiger partial charge on any atom is 2.00 e. The zero-order chi connectivity index (χ0) is 36.0. The Balaban J connectivity index is 0.00000214. The van der Waals surface area contributed by atoms with Crippen molar-refractivity contribution in [2.24, 2.45) is 4.99 Å². The molecule has 0 bridgehead atoms. The topological polar surface area (TPSA) is 35.4 Å². The Morgan fingerprint density at radius 3 is 1.58 bits per heavy atom. The van der Waals surface area contributed by atoms with E-state index in [0.717, 1.165) is 54.5 Å². The molecule has 4 rings (SSSR count). The first kappa shape index (κ1) is 47.0. The molecule has 0 aromatic heterocycles. The van der Waals surface area contributed by atoms with Crippen LogP contribution in [-0.2, 0) is 35.8 Å². The van der Waals surface area contributed by atoms with Gasteiger partial charge < -0.3 is 12.5 Å². The molecule has 4 heteroatoms. The quantitative estimate of drug-likeness (QED) is 0.0221. The van der Waals surface area contributed by atoms with Crippen LogP contribution in [-0.4, -0.2) is 26.2 Å².